The van der Waals surface area contributed by atoms with Crippen LogP contribution >= 0.6 is 0 Å². The highest BCUT2D eigenvalue weighted by Crippen LogP contribution is 2.16. The Morgan fingerprint density at radius 1 is 1.53 bits per heavy atom. The lowest BCUT2D eigenvalue weighted by Gasteiger charge is -2.34. The van der Waals surface area contributed by atoms with Crippen molar-refractivity contribution >= 4 is 0 Å². The highest BCUT2D eigenvalue weighted by Gasteiger charge is 2.28. The lowest BCUT2D eigenvalue weighted by atomic mass is 10.1. The molecule has 0 amide bonds. The van der Waals surface area contributed by atoms with E-state index in [0.29, 0.717) is 12.1 Å². The lowest BCUT2D eigenvalue weighted by Crippen LogP contribution is -2.49. The molecule has 1 heterocycles. The topological polar surface area (TPSA) is 24.5 Å². The van der Waals surface area contributed by atoms with Crippen molar-refractivity contribution in [1.29, 1.82) is 0 Å². The Labute approximate surface area is 94.2 Å². The second-order valence-electron chi connectivity index (χ2n) is 5.42. The van der Waals surface area contributed by atoms with E-state index in [4.69, 9.17) is 4.74 Å². The normalized spacial score (nSPS) is 29.8. The van der Waals surface area contributed by atoms with Gasteiger partial charge in [0.15, 0.2) is 0 Å². The van der Waals surface area contributed by atoms with Gasteiger partial charge >= 0.3 is 0 Å². The van der Waals surface area contributed by atoms with Gasteiger partial charge in [-0.3, -0.25) is 4.90 Å². The molecule has 1 rings (SSSR count). The molecule has 15 heavy (non-hydrogen) atoms. The minimum Gasteiger partial charge on any atom is -0.380 e. The highest BCUT2D eigenvalue weighted by atomic mass is 16.5. The molecule has 0 spiro atoms. The zero-order chi connectivity index (χ0) is 11.5. The molecule has 1 aliphatic rings. The minimum absolute atomic E-state index is 0.220. The third kappa shape index (κ3) is 4.09. The zero-order valence-corrected chi connectivity index (χ0v) is 10.8. The Hall–Kier alpha value is -0.120. The Kier molecular flexibility index (Phi) is 4.56. The summed E-state index contributed by atoms with van der Waals surface area (Å²) >= 11 is 0. The molecule has 0 bridgehead atoms. The summed E-state index contributed by atoms with van der Waals surface area (Å²) in [4.78, 5) is 2.54. The van der Waals surface area contributed by atoms with Crippen molar-refractivity contribution in [2.75, 3.05) is 26.7 Å². The predicted molar refractivity (Wildman–Crippen MR) is 64.2 cm³/mol. The van der Waals surface area contributed by atoms with Crippen LogP contribution in [0.5, 0.6) is 0 Å². The van der Waals surface area contributed by atoms with Gasteiger partial charge in [-0.05, 0) is 40.7 Å². The maximum absolute atomic E-state index is 5.35. The molecule has 1 aliphatic heterocycles. The van der Waals surface area contributed by atoms with E-state index in [1.807, 2.05) is 0 Å². The first-order valence-corrected chi connectivity index (χ1v) is 5.96. The fraction of sp³-hybridized carbons (Fsp3) is 1.00. The molecule has 0 aromatic rings. The summed E-state index contributed by atoms with van der Waals surface area (Å²) < 4.78 is 5.35. The number of rotatable bonds is 3. The Morgan fingerprint density at radius 2 is 2.20 bits per heavy atom. The summed E-state index contributed by atoms with van der Waals surface area (Å²) in [6, 6.07) is 0.650. The van der Waals surface area contributed by atoms with Gasteiger partial charge in [0.25, 0.3) is 0 Å². The molecule has 0 aromatic heterocycles. The van der Waals surface area contributed by atoms with E-state index in [0.717, 1.165) is 19.6 Å². The number of hydrogen-bond donors (Lipinski definition) is 1. The van der Waals surface area contributed by atoms with Gasteiger partial charge in [-0.25, -0.2) is 0 Å². The molecule has 0 aliphatic carbocycles. The molecular weight excluding hydrogens is 188 g/mol. The zero-order valence-electron chi connectivity index (χ0n) is 10.8. The standard InChI is InChI=1S/C12H26N2O/c1-10-6-7-13-12(3,4)9-14(10)8-11(2)15-5/h10-11,13H,6-9H2,1-5H3. The molecule has 0 radical (unpaired) electrons. The minimum atomic E-state index is 0.220. The molecule has 1 fully saturated rings. The van der Waals surface area contributed by atoms with Crippen molar-refractivity contribution in [2.24, 2.45) is 0 Å². The van der Waals surface area contributed by atoms with Crippen LogP contribution in [0.4, 0.5) is 0 Å². The van der Waals surface area contributed by atoms with Crippen molar-refractivity contribution in [3.05, 3.63) is 0 Å². The molecule has 2 atom stereocenters. The number of ether oxygens (including phenoxy) is 1. The number of methoxy groups -OCH3 is 1. The molecule has 1 N–H and O–H groups in total. The first-order chi connectivity index (χ1) is 6.94. The van der Waals surface area contributed by atoms with Gasteiger partial charge in [0.2, 0.25) is 0 Å². The Balaban J connectivity index is 2.57. The van der Waals surface area contributed by atoms with E-state index in [9.17, 15) is 0 Å². The fourth-order valence-corrected chi connectivity index (χ4v) is 2.17. The number of nitrogens with one attached hydrogen (secondary N) is 1. The maximum atomic E-state index is 5.35. The lowest BCUT2D eigenvalue weighted by molar-refractivity contribution is 0.0571. The monoisotopic (exact) mass is 214 g/mol. The first-order valence-electron chi connectivity index (χ1n) is 5.96. The molecule has 0 saturated carbocycles. The van der Waals surface area contributed by atoms with Gasteiger partial charge in [0.1, 0.15) is 0 Å². The van der Waals surface area contributed by atoms with Crippen LogP contribution in [-0.2, 0) is 4.74 Å². The van der Waals surface area contributed by atoms with Gasteiger partial charge in [0, 0.05) is 31.8 Å². The molecule has 1 saturated heterocycles. The predicted octanol–water partition coefficient (Wildman–Crippen LogP) is 1.48. The molecule has 3 heteroatoms. The summed E-state index contributed by atoms with van der Waals surface area (Å²) in [6.07, 6.45) is 1.54. The third-order valence-electron chi connectivity index (χ3n) is 3.28. The summed E-state index contributed by atoms with van der Waals surface area (Å²) in [5, 5.41) is 3.59. The number of hydrogen-bond acceptors (Lipinski definition) is 3. The summed E-state index contributed by atoms with van der Waals surface area (Å²) in [5.41, 5.74) is 0.220. The molecular formula is C12H26N2O. The summed E-state index contributed by atoms with van der Waals surface area (Å²) in [6.45, 7) is 12.2. The van der Waals surface area contributed by atoms with Crippen LogP contribution in [0.1, 0.15) is 34.1 Å². The smallest absolute Gasteiger partial charge is 0.0670 e. The van der Waals surface area contributed by atoms with E-state index in [1.54, 1.807) is 7.11 Å². The van der Waals surface area contributed by atoms with Crippen molar-refractivity contribution in [3.8, 4) is 0 Å². The van der Waals surface area contributed by atoms with Gasteiger partial charge in [0.05, 0.1) is 6.10 Å². The highest BCUT2D eigenvalue weighted by molar-refractivity contribution is 4.88. The van der Waals surface area contributed by atoms with Crippen LogP contribution < -0.4 is 5.32 Å². The SMILES string of the molecule is COC(C)CN1CC(C)(C)NCCC1C. The fourth-order valence-electron chi connectivity index (χ4n) is 2.17. The molecule has 90 valence electrons. The third-order valence-corrected chi connectivity index (χ3v) is 3.28. The van der Waals surface area contributed by atoms with Crippen molar-refractivity contribution in [1.82, 2.24) is 10.2 Å². The van der Waals surface area contributed by atoms with E-state index < -0.39 is 0 Å². The largest absolute Gasteiger partial charge is 0.380 e. The van der Waals surface area contributed by atoms with Crippen LogP contribution in [0.25, 0.3) is 0 Å². The van der Waals surface area contributed by atoms with Crippen LogP contribution in [0.3, 0.4) is 0 Å². The summed E-state index contributed by atoms with van der Waals surface area (Å²) in [7, 11) is 1.79. The van der Waals surface area contributed by atoms with Crippen LogP contribution in [0.2, 0.25) is 0 Å². The summed E-state index contributed by atoms with van der Waals surface area (Å²) in [5.74, 6) is 0. The van der Waals surface area contributed by atoms with Gasteiger partial charge in [-0.1, -0.05) is 0 Å². The van der Waals surface area contributed by atoms with E-state index in [-0.39, 0.29) is 5.54 Å². The molecule has 0 aromatic carbocycles. The molecule has 2 unspecified atom stereocenters. The van der Waals surface area contributed by atoms with Gasteiger partial charge in [-0.15, -0.1) is 0 Å². The van der Waals surface area contributed by atoms with Gasteiger partial charge < -0.3 is 10.1 Å². The second kappa shape index (κ2) is 5.28. The first kappa shape index (κ1) is 12.9. The average Bonchev–Trinajstić information content (AvgIpc) is 2.26. The van der Waals surface area contributed by atoms with Crippen LogP contribution in [-0.4, -0.2) is 49.3 Å². The van der Waals surface area contributed by atoms with Crippen molar-refractivity contribution < 1.29 is 4.74 Å². The average molecular weight is 214 g/mol. The Morgan fingerprint density at radius 3 is 2.80 bits per heavy atom. The van der Waals surface area contributed by atoms with Crippen LogP contribution in [0.15, 0.2) is 0 Å². The van der Waals surface area contributed by atoms with E-state index in [1.165, 1.54) is 6.42 Å². The Bertz CT molecular complexity index is 194. The quantitative estimate of drug-likeness (QED) is 0.770. The van der Waals surface area contributed by atoms with E-state index >= 15 is 0 Å². The van der Waals surface area contributed by atoms with Gasteiger partial charge in [-0.2, -0.15) is 0 Å². The molecule has 3 nitrogen and oxygen atoms in total. The van der Waals surface area contributed by atoms with Crippen LogP contribution in [0, 0.1) is 0 Å². The van der Waals surface area contributed by atoms with Crippen molar-refractivity contribution in [2.45, 2.75) is 51.8 Å². The van der Waals surface area contributed by atoms with E-state index in [2.05, 4.69) is 37.9 Å². The second-order valence-corrected chi connectivity index (χ2v) is 5.42. The maximum Gasteiger partial charge on any atom is 0.0670 e. The number of nitrogens with zero attached hydrogens (tertiary/aromatic N) is 1. The van der Waals surface area contributed by atoms with Crippen molar-refractivity contribution in [3.63, 3.8) is 0 Å².